The van der Waals surface area contributed by atoms with Gasteiger partial charge in [-0.3, -0.25) is 19.4 Å². The first-order valence-electron chi connectivity index (χ1n) is 9.42. The lowest BCUT2D eigenvalue weighted by Gasteiger charge is -2.33. The van der Waals surface area contributed by atoms with Gasteiger partial charge in [0.2, 0.25) is 17.2 Å². The molecule has 1 rings (SSSR count). The summed E-state index contributed by atoms with van der Waals surface area (Å²) in [5.74, 6) is -37.1. The molecule has 22 heteroatoms. The van der Waals surface area contributed by atoms with Crippen LogP contribution in [0.4, 0.5) is 73.4 Å². The van der Waals surface area contributed by atoms with Crippen molar-refractivity contribution < 1.29 is 71.1 Å². The van der Waals surface area contributed by atoms with Crippen LogP contribution in [0.25, 0.3) is 0 Å². The third-order valence-electron chi connectivity index (χ3n) is 4.38. The number of hydrogen-bond acceptors (Lipinski definition) is 5. The number of aromatic nitrogens is 3. The van der Waals surface area contributed by atoms with E-state index in [-0.39, 0.29) is 0 Å². The molecule has 1 aromatic rings. The molecular formula is C16H12ClF14N5O2. The molecule has 0 fully saturated rings. The van der Waals surface area contributed by atoms with Crippen LogP contribution in [0, 0.1) is 0 Å². The van der Waals surface area contributed by atoms with Gasteiger partial charge in [-0.1, -0.05) is 0 Å². The molecule has 0 bridgehead atoms. The quantitative estimate of drug-likeness (QED) is 0.376. The van der Waals surface area contributed by atoms with Gasteiger partial charge < -0.3 is 0 Å². The molecule has 0 aliphatic rings. The molecule has 0 aromatic carbocycles. The SMILES string of the molecule is CCN(C(=O)C(F)(F)C(F)(F)C(F)(F)F)c1nc(Cl)nc(N(C(=O)C(F)(F)C(F)(F)C(F)(F)F)C(C)C)n1. The molecule has 0 radical (unpaired) electrons. The number of anilines is 2. The number of carbonyl (C=O) groups excluding carboxylic acids is 2. The van der Waals surface area contributed by atoms with Crippen molar-refractivity contribution in [2.45, 2.75) is 62.9 Å². The molecule has 0 atom stereocenters. The van der Waals surface area contributed by atoms with E-state index in [9.17, 15) is 71.1 Å². The first-order valence-corrected chi connectivity index (χ1v) is 9.79. The molecule has 0 saturated carbocycles. The van der Waals surface area contributed by atoms with Crippen LogP contribution in [0.15, 0.2) is 0 Å². The van der Waals surface area contributed by atoms with E-state index >= 15 is 0 Å². The number of amides is 2. The highest BCUT2D eigenvalue weighted by molar-refractivity contribution is 6.28. The average molecular weight is 608 g/mol. The van der Waals surface area contributed by atoms with Crippen molar-refractivity contribution in [2.24, 2.45) is 0 Å². The summed E-state index contributed by atoms with van der Waals surface area (Å²) in [6.45, 7) is 0.871. The van der Waals surface area contributed by atoms with Crippen LogP contribution < -0.4 is 9.80 Å². The summed E-state index contributed by atoms with van der Waals surface area (Å²) in [5.41, 5.74) is 0. The zero-order chi connectivity index (χ0) is 30.4. The summed E-state index contributed by atoms with van der Waals surface area (Å²) in [5, 5.41) is -1.37. The molecule has 0 aliphatic carbocycles. The molecular weight excluding hydrogens is 596 g/mol. The maximum atomic E-state index is 14.0. The third kappa shape index (κ3) is 5.51. The van der Waals surface area contributed by atoms with Crippen molar-refractivity contribution in [3.8, 4) is 0 Å². The van der Waals surface area contributed by atoms with Crippen molar-refractivity contribution in [2.75, 3.05) is 16.3 Å². The Morgan fingerprint density at radius 1 is 0.711 bits per heavy atom. The third-order valence-corrected chi connectivity index (χ3v) is 4.54. The van der Waals surface area contributed by atoms with E-state index in [1.165, 1.54) is 0 Å². The fourth-order valence-corrected chi connectivity index (χ4v) is 2.59. The summed E-state index contributed by atoms with van der Waals surface area (Å²) in [6, 6.07) is -1.84. The Labute approximate surface area is 206 Å². The molecule has 0 aliphatic heterocycles. The number of rotatable bonds is 8. The molecule has 0 spiro atoms. The second kappa shape index (κ2) is 10.1. The highest BCUT2D eigenvalue weighted by atomic mass is 35.5. The van der Waals surface area contributed by atoms with E-state index < -0.39 is 87.4 Å². The van der Waals surface area contributed by atoms with Gasteiger partial charge in [0.15, 0.2) is 0 Å². The molecule has 218 valence electrons. The summed E-state index contributed by atoms with van der Waals surface area (Å²) in [4.78, 5) is 31.7. The Morgan fingerprint density at radius 2 is 1.08 bits per heavy atom. The van der Waals surface area contributed by atoms with E-state index in [4.69, 9.17) is 11.6 Å². The van der Waals surface area contributed by atoms with Gasteiger partial charge in [-0.25, -0.2) is 0 Å². The van der Waals surface area contributed by atoms with Crippen molar-refractivity contribution in [1.29, 1.82) is 0 Å². The monoisotopic (exact) mass is 607 g/mol. The van der Waals surface area contributed by atoms with Crippen molar-refractivity contribution in [3.63, 3.8) is 0 Å². The maximum absolute atomic E-state index is 14.0. The van der Waals surface area contributed by atoms with Gasteiger partial charge in [0, 0.05) is 12.6 Å². The minimum Gasteiger partial charge on any atom is -0.275 e. The van der Waals surface area contributed by atoms with Gasteiger partial charge in [-0.15, -0.1) is 0 Å². The molecule has 0 unspecified atom stereocenters. The lowest BCUT2D eigenvalue weighted by Crippen LogP contribution is -2.61. The van der Waals surface area contributed by atoms with Crippen LogP contribution in [-0.2, 0) is 9.59 Å². The van der Waals surface area contributed by atoms with Crippen LogP contribution in [0.3, 0.4) is 0 Å². The van der Waals surface area contributed by atoms with Crippen LogP contribution in [-0.4, -0.2) is 75.4 Å². The van der Waals surface area contributed by atoms with Crippen molar-refractivity contribution in [1.82, 2.24) is 15.0 Å². The fourth-order valence-electron chi connectivity index (χ4n) is 2.44. The molecule has 2 amide bonds. The Hall–Kier alpha value is -2.74. The largest absolute Gasteiger partial charge is 0.460 e. The first-order chi connectivity index (χ1) is 16.7. The Kier molecular flexibility index (Phi) is 8.85. The highest BCUT2D eigenvalue weighted by Gasteiger charge is 2.78. The number of hydrogen-bond donors (Lipinski definition) is 0. The topological polar surface area (TPSA) is 79.3 Å². The van der Waals surface area contributed by atoms with Crippen LogP contribution in [0.5, 0.6) is 0 Å². The highest BCUT2D eigenvalue weighted by Crippen LogP contribution is 2.49. The molecule has 0 saturated heterocycles. The summed E-state index contributed by atoms with van der Waals surface area (Å²) < 4.78 is 184. The Bertz CT molecular complexity index is 1060. The lowest BCUT2D eigenvalue weighted by atomic mass is 10.1. The minimum absolute atomic E-state index is 0.655. The molecule has 1 heterocycles. The summed E-state index contributed by atoms with van der Waals surface area (Å²) >= 11 is 5.39. The lowest BCUT2D eigenvalue weighted by molar-refractivity contribution is -0.343. The normalized spacial score (nSPS) is 14.1. The van der Waals surface area contributed by atoms with E-state index in [0.29, 0.717) is 6.92 Å². The maximum Gasteiger partial charge on any atom is 0.460 e. The number of halogens is 15. The molecule has 38 heavy (non-hydrogen) atoms. The second-order valence-electron chi connectivity index (χ2n) is 7.32. The molecule has 1 aromatic heterocycles. The zero-order valence-electron chi connectivity index (χ0n) is 18.5. The van der Waals surface area contributed by atoms with Gasteiger partial charge in [-0.2, -0.15) is 76.4 Å². The van der Waals surface area contributed by atoms with E-state index in [1.54, 1.807) is 0 Å². The number of alkyl halides is 14. The van der Waals surface area contributed by atoms with Crippen molar-refractivity contribution >= 4 is 35.3 Å². The summed E-state index contributed by atoms with van der Waals surface area (Å²) in [6.07, 6.45) is -13.9. The fraction of sp³-hybridized carbons (Fsp3) is 0.688. The van der Waals surface area contributed by atoms with Gasteiger partial charge in [-0.05, 0) is 32.4 Å². The molecule has 7 nitrogen and oxygen atoms in total. The standard InChI is InChI=1S/C16H12ClF14N5O2/c1-4-35(6(37)11(18,19)13(22,23)15(26,27)28)9-32-8(17)33-10(34-9)36(5(2)3)7(38)12(20,21)14(24,25)16(29,30)31/h5H,4H2,1-3H3. The van der Waals surface area contributed by atoms with E-state index in [1.807, 2.05) is 0 Å². The van der Waals surface area contributed by atoms with Crippen LogP contribution >= 0.6 is 11.6 Å². The van der Waals surface area contributed by atoms with Gasteiger partial charge in [0.05, 0.1) is 0 Å². The Morgan fingerprint density at radius 3 is 1.42 bits per heavy atom. The van der Waals surface area contributed by atoms with Crippen LogP contribution in [0.2, 0.25) is 5.28 Å². The number of carbonyl (C=O) groups is 2. The zero-order valence-corrected chi connectivity index (χ0v) is 19.3. The Balaban J connectivity index is 3.73. The van der Waals surface area contributed by atoms with E-state index in [2.05, 4.69) is 15.0 Å². The second-order valence-corrected chi connectivity index (χ2v) is 7.65. The van der Waals surface area contributed by atoms with Gasteiger partial charge >= 0.3 is 47.9 Å². The smallest absolute Gasteiger partial charge is 0.275 e. The van der Waals surface area contributed by atoms with Gasteiger partial charge in [0.1, 0.15) is 0 Å². The van der Waals surface area contributed by atoms with E-state index in [0.717, 1.165) is 13.8 Å². The molecule has 0 N–H and O–H groups in total. The van der Waals surface area contributed by atoms with Crippen LogP contribution in [0.1, 0.15) is 20.8 Å². The minimum atomic E-state index is -6.99. The van der Waals surface area contributed by atoms with Gasteiger partial charge in [0.25, 0.3) is 0 Å². The number of nitrogens with zero attached hydrogens (tertiary/aromatic N) is 5. The summed E-state index contributed by atoms with van der Waals surface area (Å²) in [7, 11) is 0. The average Bonchev–Trinajstić information content (AvgIpc) is 2.71. The van der Waals surface area contributed by atoms with Crippen molar-refractivity contribution in [3.05, 3.63) is 5.28 Å². The predicted molar refractivity (Wildman–Crippen MR) is 97.4 cm³/mol. The first kappa shape index (κ1) is 33.3. The predicted octanol–water partition coefficient (Wildman–Crippen LogP) is 5.29.